The fraction of sp³-hybridized carbons (Fsp3) is 0.211. The number of aryl methyl sites for hydroxylation is 1. The second kappa shape index (κ2) is 7.16. The molecule has 2 atom stereocenters. The first kappa shape index (κ1) is 18.3. The Morgan fingerprint density at radius 1 is 1.11 bits per heavy atom. The zero-order valence-electron chi connectivity index (χ0n) is 14.9. The van der Waals surface area contributed by atoms with Crippen LogP contribution in [0.4, 0.5) is 11.4 Å². The summed E-state index contributed by atoms with van der Waals surface area (Å²) in [7, 11) is 0. The zero-order valence-corrected chi connectivity index (χ0v) is 16.5. The standard InChI is InChI=1S/C19H16BrN5O3/c1-11-4-2-3-5-14(11)21-15(26)10-24-17-16(22-23-24)18(27)25(19(17)28)13-8-6-12(20)7-9-13/h2-9,16-17H,10H2,1H3,(H,21,26). The fourth-order valence-electron chi connectivity index (χ4n) is 3.25. The van der Waals surface area contributed by atoms with Crippen molar-refractivity contribution in [3.63, 3.8) is 0 Å². The first-order valence-electron chi connectivity index (χ1n) is 8.62. The van der Waals surface area contributed by atoms with Gasteiger partial charge in [0.05, 0.1) is 5.69 Å². The van der Waals surface area contributed by atoms with Crippen molar-refractivity contribution in [1.82, 2.24) is 5.01 Å². The maximum atomic E-state index is 12.9. The van der Waals surface area contributed by atoms with Gasteiger partial charge in [-0.3, -0.25) is 19.4 Å². The largest absolute Gasteiger partial charge is 0.324 e. The second-order valence-electron chi connectivity index (χ2n) is 6.54. The van der Waals surface area contributed by atoms with E-state index in [0.717, 1.165) is 14.9 Å². The maximum absolute atomic E-state index is 12.9. The Labute approximate surface area is 169 Å². The van der Waals surface area contributed by atoms with Crippen molar-refractivity contribution in [2.75, 3.05) is 16.8 Å². The molecule has 0 radical (unpaired) electrons. The number of benzene rings is 2. The number of hydrogen-bond acceptors (Lipinski definition) is 6. The Kier molecular flexibility index (Phi) is 4.68. The molecule has 8 nitrogen and oxygen atoms in total. The molecule has 4 rings (SSSR count). The van der Waals surface area contributed by atoms with Gasteiger partial charge in [-0.15, -0.1) is 0 Å². The van der Waals surface area contributed by atoms with Gasteiger partial charge in [0, 0.05) is 10.2 Å². The zero-order chi connectivity index (χ0) is 19.8. The lowest BCUT2D eigenvalue weighted by atomic mass is 10.1. The molecule has 3 amide bonds. The number of para-hydroxylation sites is 1. The van der Waals surface area contributed by atoms with Gasteiger partial charge in [-0.25, -0.2) is 4.90 Å². The number of carbonyl (C=O) groups excluding carboxylic acids is 3. The third kappa shape index (κ3) is 3.18. The van der Waals surface area contributed by atoms with E-state index < -0.39 is 23.9 Å². The monoisotopic (exact) mass is 441 g/mol. The molecule has 2 aromatic carbocycles. The minimum atomic E-state index is -0.928. The van der Waals surface area contributed by atoms with Crippen LogP contribution in [0.5, 0.6) is 0 Å². The van der Waals surface area contributed by atoms with Crippen molar-refractivity contribution < 1.29 is 14.4 Å². The summed E-state index contributed by atoms with van der Waals surface area (Å²) in [4.78, 5) is 39.1. The van der Waals surface area contributed by atoms with E-state index in [-0.39, 0.29) is 12.5 Å². The molecule has 0 spiro atoms. The molecular weight excluding hydrogens is 426 g/mol. The average molecular weight is 442 g/mol. The number of rotatable bonds is 4. The van der Waals surface area contributed by atoms with Crippen LogP contribution in [0.25, 0.3) is 0 Å². The number of amides is 3. The minimum absolute atomic E-state index is 0.174. The van der Waals surface area contributed by atoms with Crippen LogP contribution in [0.15, 0.2) is 63.3 Å². The summed E-state index contributed by atoms with van der Waals surface area (Å²) in [5, 5.41) is 11.9. The van der Waals surface area contributed by atoms with E-state index in [1.807, 2.05) is 25.1 Å². The summed E-state index contributed by atoms with van der Waals surface area (Å²) in [6.45, 7) is 1.71. The number of carbonyl (C=O) groups is 3. The van der Waals surface area contributed by atoms with Gasteiger partial charge in [0.15, 0.2) is 12.1 Å². The smallest absolute Gasteiger partial charge is 0.263 e. The van der Waals surface area contributed by atoms with Gasteiger partial charge in [-0.2, -0.15) is 5.11 Å². The average Bonchev–Trinajstić information content (AvgIpc) is 3.18. The SMILES string of the molecule is Cc1ccccc1NC(=O)CN1N=NC2C(=O)N(c3ccc(Br)cc3)C(=O)C21. The van der Waals surface area contributed by atoms with Gasteiger partial charge in [0.2, 0.25) is 5.91 Å². The van der Waals surface area contributed by atoms with Crippen molar-refractivity contribution >= 4 is 45.0 Å². The molecule has 0 saturated carbocycles. The number of imide groups is 1. The van der Waals surface area contributed by atoms with Crippen molar-refractivity contribution in [1.29, 1.82) is 0 Å². The van der Waals surface area contributed by atoms with Crippen molar-refractivity contribution in [3.8, 4) is 0 Å². The van der Waals surface area contributed by atoms with E-state index in [1.165, 1.54) is 5.01 Å². The van der Waals surface area contributed by atoms with Crippen LogP contribution in [0.2, 0.25) is 0 Å². The van der Waals surface area contributed by atoms with E-state index in [9.17, 15) is 14.4 Å². The van der Waals surface area contributed by atoms with Gasteiger partial charge < -0.3 is 5.32 Å². The third-order valence-electron chi connectivity index (χ3n) is 4.67. The molecule has 2 unspecified atom stereocenters. The first-order valence-corrected chi connectivity index (χ1v) is 9.41. The predicted molar refractivity (Wildman–Crippen MR) is 106 cm³/mol. The molecule has 9 heteroatoms. The lowest BCUT2D eigenvalue weighted by molar-refractivity contribution is -0.123. The molecule has 0 bridgehead atoms. The highest BCUT2D eigenvalue weighted by molar-refractivity contribution is 9.10. The van der Waals surface area contributed by atoms with E-state index in [4.69, 9.17) is 0 Å². The van der Waals surface area contributed by atoms with Gasteiger partial charge in [0.25, 0.3) is 11.8 Å². The maximum Gasteiger partial charge on any atom is 0.263 e. The molecule has 1 saturated heterocycles. The lowest BCUT2D eigenvalue weighted by Crippen LogP contribution is -2.43. The summed E-state index contributed by atoms with van der Waals surface area (Å²) in [6.07, 6.45) is 0. The van der Waals surface area contributed by atoms with E-state index in [2.05, 4.69) is 31.6 Å². The van der Waals surface area contributed by atoms with Crippen LogP contribution in [-0.2, 0) is 14.4 Å². The number of anilines is 2. The lowest BCUT2D eigenvalue weighted by Gasteiger charge is -2.20. The molecule has 1 N–H and O–H groups in total. The van der Waals surface area contributed by atoms with Gasteiger partial charge in [0.1, 0.15) is 6.54 Å². The summed E-state index contributed by atoms with van der Waals surface area (Å²) in [5.41, 5.74) is 2.07. The van der Waals surface area contributed by atoms with Crippen LogP contribution in [0, 0.1) is 6.92 Å². The molecule has 0 aliphatic carbocycles. The Balaban J connectivity index is 1.49. The van der Waals surface area contributed by atoms with Crippen LogP contribution < -0.4 is 10.2 Å². The summed E-state index contributed by atoms with van der Waals surface area (Å²) >= 11 is 3.33. The van der Waals surface area contributed by atoms with Crippen LogP contribution >= 0.6 is 15.9 Å². The predicted octanol–water partition coefficient (Wildman–Crippen LogP) is 2.69. The number of fused-ring (bicyclic) bond motifs is 1. The molecule has 2 aliphatic heterocycles. The molecule has 2 aliphatic rings. The van der Waals surface area contributed by atoms with Crippen molar-refractivity contribution in [3.05, 3.63) is 58.6 Å². The normalized spacial score (nSPS) is 20.6. The number of nitrogens with one attached hydrogen (secondary N) is 1. The van der Waals surface area contributed by atoms with Crippen molar-refractivity contribution in [2.24, 2.45) is 10.3 Å². The highest BCUT2D eigenvalue weighted by Gasteiger charge is 2.55. The Morgan fingerprint density at radius 3 is 2.54 bits per heavy atom. The van der Waals surface area contributed by atoms with Crippen molar-refractivity contribution in [2.45, 2.75) is 19.0 Å². The van der Waals surface area contributed by atoms with Gasteiger partial charge >= 0.3 is 0 Å². The van der Waals surface area contributed by atoms with Crippen LogP contribution in [0.3, 0.4) is 0 Å². The molecule has 28 heavy (non-hydrogen) atoms. The number of nitrogens with zero attached hydrogens (tertiary/aromatic N) is 4. The number of halogens is 1. The highest BCUT2D eigenvalue weighted by atomic mass is 79.9. The Hall–Kier alpha value is -3.07. The minimum Gasteiger partial charge on any atom is -0.324 e. The quantitative estimate of drug-likeness (QED) is 0.737. The summed E-state index contributed by atoms with van der Waals surface area (Å²) < 4.78 is 0.838. The first-order chi connectivity index (χ1) is 13.5. The van der Waals surface area contributed by atoms with Crippen LogP contribution in [-0.4, -0.2) is 41.4 Å². The van der Waals surface area contributed by atoms with Gasteiger partial charge in [-0.1, -0.05) is 39.4 Å². The van der Waals surface area contributed by atoms with E-state index in [1.54, 1.807) is 30.3 Å². The molecular formula is C19H16BrN5O3. The molecule has 2 aromatic rings. The fourth-order valence-corrected chi connectivity index (χ4v) is 3.51. The molecule has 1 fully saturated rings. The third-order valence-corrected chi connectivity index (χ3v) is 5.20. The highest BCUT2D eigenvalue weighted by Crippen LogP contribution is 2.32. The summed E-state index contributed by atoms with van der Waals surface area (Å²) in [6, 6.07) is 12.4. The summed E-state index contributed by atoms with van der Waals surface area (Å²) in [5.74, 6) is -1.22. The second-order valence-corrected chi connectivity index (χ2v) is 7.46. The van der Waals surface area contributed by atoms with Gasteiger partial charge in [-0.05, 0) is 42.8 Å². The van der Waals surface area contributed by atoms with E-state index >= 15 is 0 Å². The Morgan fingerprint density at radius 2 is 1.82 bits per heavy atom. The molecule has 2 heterocycles. The molecule has 142 valence electrons. The van der Waals surface area contributed by atoms with Crippen LogP contribution in [0.1, 0.15) is 5.56 Å². The Bertz CT molecular complexity index is 991. The van der Waals surface area contributed by atoms with E-state index in [0.29, 0.717) is 11.4 Å². The number of hydrogen-bond donors (Lipinski definition) is 1. The molecule has 0 aromatic heterocycles. The topological polar surface area (TPSA) is 94.4 Å².